The maximum absolute atomic E-state index is 12.5. The molecule has 26 heavy (non-hydrogen) atoms. The summed E-state index contributed by atoms with van der Waals surface area (Å²) < 4.78 is 1.12. The van der Waals surface area contributed by atoms with Crippen molar-refractivity contribution in [3.63, 3.8) is 0 Å². The molecule has 1 aromatic heterocycles. The third kappa shape index (κ3) is 4.31. The van der Waals surface area contributed by atoms with Crippen LogP contribution >= 0.6 is 11.3 Å². The average Bonchev–Trinajstić information content (AvgIpc) is 3.00. The number of rotatable bonds is 5. The summed E-state index contributed by atoms with van der Waals surface area (Å²) in [7, 11) is 0. The molecule has 0 saturated carbocycles. The van der Waals surface area contributed by atoms with Crippen LogP contribution in [0.2, 0.25) is 0 Å². The van der Waals surface area contributed by atoms with E-state index in [1.165, 1.54) is 35.3 Å². The maximum atomic E-state index is 12.5. The lowest BCUT2D eigenvalue weighted by atomic mass is 9.87. The van der Waals surface area contributed by atoms with Crippen LogP contribution < -0.4 is 5.32 Å². The van der Waals surface area contributed by atoms with Crippen molar-refractivity contribution in [3.8, 4) is 0 Å². The second-order valence-corrected chi connectivity index (χ2v) is 8.74. The summed E-state index contributed by atoms with van der Waals surface area (Å²) in [5.41, 5.74) is 4.22. The zero-order valence-corrected chi connectivity index (χ0v) is 16.7. The number of benzene rings is 2. The number of aromatic nitrogens is 1. The van der Waals surface area contributed by atoms with Crippen molar-refractivity contribution in [2.75, 3.05) is 5.32 Å². The highest BCUT2D eigenvalue weighted by Crippen LogP contribution is 2.28. The van der Waals surface area contributed by atoms with E-state index in [0.717, 1.165) is 16.6 Å². The summed E-state index contributed by atoms with van der Waals surface area (Å²) in [6.07, 6.45) is 3.47. The molecule has 136 valence electrons. The molecule has 3 nitrogen and oxygen atoms in total. The summed E-state index contributed by atoms with van der Waals surface area (Å²) >= 11 is 1.53. The van der Waals surface area contributed by atoms with Crippen LogP contribution in [0.4, 0.5) is 5.13 Å². The van der Waals surface area contributed by atoms with E-state index in [-0.39, 0.29) is 11.3 Å². The van der Waals surface area contributed by atoms with Crippen molar-refractivity contribution in [1.82, 2.24) is 4.98 Å². The van der Waals surface area contributed by atoms with Gasteiger partial charge in [-0.1, -0.05) is 63.7 Å². The van der Waals surface area contributed by atoms with Crippen LogP contribution in [0.25, 0.3) is 10.2 Å². The van der Waals surface area contributed by atoms with Gasteiger partial charge in [0.2, 0.25) is 0 Å². The van der Waals surface area contributed by atoms with Gasteiger partial charge >= 0.3 is 0 Å². The predicted molar refractivity (Wildman–Crippen MR) is 111 cm³/mol. The monoisotopic (exact) mass is 366 g/mol. The van der Waals surface area contributed by atoms with Gasteiger partial charge in [0.15, 0.2) is 5.13 Å². The normalized spacial score (nSPS) is 11.7. The summed E-state index contributed by atoms with van der Waals surface area (Å²) in [5.74, 6) is -0.115. The average molecular weight is 367 g/mol. The highest BCUT2D eigenvalue weighted by molar-refractivity contribution is 7.22. The number of amides is 1. The van der Waals surface area contributed by atoms with Crippen LogP contribution in [0.5, 0.6) is 0 Å². The number of carbonyl (C=O) groups excluding carboxylic acids is 1. The molecule has 0 bridgehead atoms. The molecule has 0 atom stereocenters. The van der Waals surface area contributed by atoms with Crippen LogP contribution in [0.15, 0.2) is 42.5 Å². The molecule has 0 fully saturated rings. The van der Waals surface area contributed by atoms with Crippen LogP contribution in [0, 0.1) is 0 Å². The Kier molecular flexibility index (Phi) is 5.42. The Balaban J connectivity index is 1.74. The minimum absolute atomic E-state index is 0.0809. The number of fused-ring (bicyclic) bond motifs is 1. The molecular formula is C22H26N2OS. The third-order valence-corrected chi connectivity index (χ3v) is 5.44. The van der Waals surface area contributed by atoms with E-state index in [1.54, 1.807) is 0 Å². The lowest BCUT2D eigenvalue weighted by Gasteiger charge is -2.18. The molecule has 1 heterocycles. The predicted octanol–water partition coefficient (Wildman–Crippen LogP) is 6.19. The number of aryl methyl sites for hydroxylation is 1. The van der Waals surface area contributed by atoms with Crippen LogP contribution in [-0.4, -0.2) is 10.9 Å². The first-order valence-electron chi connectivity index (χ1n) is 9.18. The van der Waals surface area contributed by atoms with Crippen molar-refractivity contribution in [3.05, 3.63) is 59.2 Å². The zero-order valence-electron chi connectivity index (χ0n) is 15.9. The van der Waals surface area contributed by atoms with E-state index in [9.17, 15) is 4.79 Å². The van der Waals surface area contributed by atoms with Gasteiger partial charge in [-0.2, -0.15) is 0 Å². The molecule has 0 radical (unpaired) electrons. The van der Waals surface area contributed by atoms with Crippen molar-refractivity contribution in [2.24, 2.45) is 0 Å². The zero-order chi connectivity index (χ0) is 18.7. The first kappa shape index (κ1) is 18.6. The van der Waals surface area contributed by atoms with Crippen LogP contribution in [0.3, 0.4) is 0 Å². The number of hydrogen-bond acceptors (Lipinski definition) is 3. The van der Waals surface area contributed by atoms with Crippen molar-refractivity contribution < 1.29 is 4.79 Å². The summed E-state index contributed by atoms with van der Waals surface area (Å²) in [4.78, 5) is 17.1. The Hall–Kier alpha value is -2.20. The quantitative estimate of drug-likeness (QED) is 0.585. The van der Waals surface area contributed by atoms with E-state index in [4.69, 9.17) is 0 Å². The Bertz CT molecular complexity index is 904. The maximum Gasteiger partial charge on any atom is 0.257 e. The molecular weight excluding hydrogens is 340 g/mol. The van der Waals surface area contributed by atoms with Gasteiger partial charge in [0.1, 0.15) is 0 Å². The third-order valence-electron chi connectivity index (χ3n) is 4.51. The van der Waals surface area contributed by atoms with E-state index in [2.05, 4.69) is 50.1 Å². The lowest BCUT2D eigenvalue weighted by molar-refractivity contribution is 0.102. The van der Waals surface area contributed by atoms with Crippen molar-refractivity contribution in [2.45, 2.75) is 52.4 Å². The molecule has 0 saturated heterocycles. The molecule has 3 aromatic rings. The van der Waals surface area contributed by atoms with Gasteiger partial charge in [0, 0.05) is 5.56 Å². The van der Waals surface area contributed by atoms with Gasteiger partial charge < -0.3 is 0 Å². The highest BCUT2D eigenvalue weighted by atomic mass is 32.1. The number of unbranched alkanes of at least 4 members (excludes halogenated alkanes) is 1. The second kappa shape index (κ2) is 7.58. The highest BCUT2D eigenvalue weighted by Gasteiger charge is 2.15. The van der Waals surface area contributed by atoms with Crippen molar-refractivity contribution in [1.29, 1.82) is 0 Å². The largest absolute Gasteiger partial charge is 0.298 e. The molecule has 0 spiro atoms. The number of nitrogens with one attached hydrogen (secondary N) is 1. The Labute approximate surface area is 159 Å². The Morgan fingerprint density at radius 2 is 1.85 bits per heavy atom. The van der Waals surface area contributed by atoms with Gasteiger partial charge in [0.05, 0.1) is 10.2 Å². The smallest absolute Gasteiger partial charge is 0.257 e. The fraction of sp³-hybridized carbons (Fsp3) is 0.364. The molecule has 3 rings (SSSR count). The second-order valence-electron chi connectivity index (χ2n) is 7.71. The molecule has 0 unspecified atom stereocenters. The first-order valence-corrected chi connectivity index (χ1v) is 10.00. The Morgan fingerprint density at radius 3 is 2.50 bits per heavy atom. The van der Waals surface area contributed by atoms with Crippen LogP contribution in [-0.2, 0) is 11.8 Å². The van der Waals surface area contributed by atoms with E-state index in [1.807, 2.05) is 30.3 Å². The van der Waals surface area contributed by atoms with E-state index < -0.39 is 0 Å². The van der Waals surface area contributed by atoms with Crippen LogP contribution in [0.1, 0.15) is 62.0 Å². The Morgan fingerprint density at radius 1 is 1.12 bits per heavy atom. The molecule has 0 aliphatic carbocycles. The number of nitrogens with zero attached hydrogens (tertiary/aromatic N) is 1. The molecule has 4 heteroatoms. The van der Waals surface area contributed by atoms with Gasteiger partial charge in [0.25, 0.3) is 5.91 Å². The molecule has 1 N–H and O–H groups in total. The number of carbonyl (C=O) groups is 1. The summed E-state index contributed by atoms with van der Waals surface area (Å²) in [5, 5.41) is 3.59. The van der Waals surface area contributed by atoms with Crippen molar-refractivity contribution >= 4 is 32.6 Å². The van der Waals surface area contributed by atoms with Gasteiger partial charge in [-0.3, -0.25) is 10.1 Å². The number of anilines is 1. The fourth-order valence-corrected chi connectivity index (χ4v) is 3.77. The standard InChI is InChI=1S/C22H26N2OS/c1-5-6-7-15-8-13-18-19(14-15)26-21(23-18)24-20(25)16-9-11-17(12-10-16)22(2,3)4/h8-14H,5-7H2,1-4H3,(H,23,24,25). The lowest BCUT2D eigenvalue weighted by Crippen LogP contribution is -2.14. The minimum Gasteiger partial charge on any atom is -0.298 e. The van der Waals surface area contributed by atoms with Gasteiger partial charge in [-0.25, -0.2) is 4.98 Å². The molecule has 1 amide bonds. The summed E-state index contributed by atoms with van der Waals surface area (Å²) in [6.45, 7) is 8.70. The van der Waals surface area contributed by atoms with E-state index in [0.29, 0.717) is 10.7 Å². The fourth-order valence-electron chi connectivity index (χ4n) is 2.85. The first-order chi connectivity index (χ1) is 12.4. The molecule has 0 aliphatic heterocycles. The van der Waals surface area contributed by atoms with Gasteiger partial charge in [-0.15, -0.1) is 0 Å². The van der Waals surface area contributed by atoms with Gasteiger partial charge in [-0.05, 0) is 53.6 Å². The molecule has 0 aliphatic rings. The molecule has 2 aromatic carbocycles. The minimum atomic E-state index is -0.115. The number of thiazole rings is 1. The number of hydrogen-bond donors (Lipinski definition) is 1. The SMILES string of the molecule is CCCCc1ccc2nc(NC(=O)c3ccc(C(C)(C)C)cc3)sc2c1. The topological polar surface area (TPSA) is 42.0 Å². The van der Waals surface area contributed by atoms with E-state index >= 15 is 0 Å². The summed E-state index contributed by atoms with van der Waals surface area (Å²) in [6, 6.07) is 14.2.